The highest BCUT2D eigenvalue weighted by molar-refractivity contribution is 6.17. The van der Waals surface area contributed by atoms with E-state index in [2.05, 4.69) is 5.32 Å². The summed E-state index contributed by atoms with van der Waals surface area (Å²) in [6.45, 7) is -0.594. The molecule has 1 aromatic carbocycles. The minimum absolute atomic E-state index is 0.192. The molecule has 0 spiro atoms. The van der Waals surface area contributed by atoms with Crippen molar-refractivity contribution in [3.8, 4) is 5.75 Å². The first-order chi connectivity index (χ1) is 9.99. The molecule has 21 heavy (non-hydrogen) atoms. The van der Waals surface area contributed by atoms with Gasteiger partial charge in [0.05, 0.1) is 20.3 Å². The van der Waals surface area contributed by atoms with Gasteiger partial charge >= 0.3 is 0 Å². The van der Waals surface area contributed by atoms with Gasteiger partial charge in [-0.15, -0.1) is 0 Å². The molecule has 0 atom stereocenters. The molecule has 2 amide bonds. The third-order valence-electron chi connectivity index (χ3n) is 2.87. The average Bonchev–Trinajstić information content (AvgIpc) is 2.71. The number of hydrogen-bond donors (Lipinski definition) is 2. The number of aliphatic hydroxyl groups excluding tert-OH is 1. The van der Waals surface area contributed by atoms with Gasteiger partial charge in [-0.05, 0) is 12.1 Å². The molecule has 1 aliphatic rings. The lowest BCUT2D eigenvalue weighted by Crippen LogP contribution is -2.34. The van der Waals surface area contributed by atoms with Crippen molar-refractivity contribution in [2.24, 2.45) is 0 Å². The molecule has 0 bridgehead atoms. The zero-order valence-corrected chi connectivity index (χ0v) is 11.0. The summed E-state index contributed by atoms with van der Waals surface area (Å²) in [4.78, 5) is 24.2. The third kappa shape index (κ3) is 2.70. The van der Waals surface area contributed by atoms with Crippen molar-refractivity contribution in [2.75, 3.05) is 25.6 Å². The van der Waals surface area contributed by atoms with Crippen molar-refractivity contribution in [3.63, 3.8) is 0 Å². The van der Waals surface area contributed by atoms with Gasteiger partial charge in [0.1, 0.15) is 17.2 Å². The molecular weight excluding hydrogens is 286 g/mol. The van der Waals surface area contributed by atoms with Gasteiger partial charge in [0.25, 0.3) is 11.8 Å². The van der Waals surface area contributed by atoms with Crippen molar-refractivity contribution in [3.05, 3.63) is 35.5 Å². The van der Waals surface area contributed by atoms with Gasteiger partial charge in [-0.1, -0.05) is 0 Å². The molecule has 0 aliphatic carbocycles. The Kier molecular flexibility index (Phi) is 4.18. The Morgan fingerprint density at radius 2 is 2.05 bits per heavy atom. The van der Waals surface area contributed by atoms with Crippen LogP contribution in [-0.2, 0) is 9.59 Å². The van der Waals surface area contributed by atoms with E-state index in [1.807, 2.05) is 0 Å². The summed E-state index contributed by atoms with van der Waals surface area (Å²) in [5, 5.41) is 11.0. The second-order valence-corrected chi connectivity index (χ2v) is 4.14. The number of aliphatic hydroxyl groups is 1. The van der Waals surface area contributed by atoms with Gasteiger partial charge in [-0.3, -0.25) is 14.5 Å². The molecule has 0 fully saturated rings. The lowest BCUT2D eigenvalue weighted by Gasteiger charge is -2.14. The number of halogens is 2. The van der Waals surface area contributed by atoms with Crippen LogP contribution in [0.15, 0.2) is 23.9 Å². The Balaban J connectivity index is 2.30. The van der Waals surface area contributed by atoms with E-state index in [0.29, 0.717) is 0 Å². The van der Waals surface area contributed by atoms with E-state index in [1.54, 1.807) is 0 Å². The number of benzene rings is 1. The number of nitrogens with zero attached hydrogens (tertiary/aromatic N) is 1. The van der Waals surface area contributed by atoms with E-state index >= 15 is 0 Å². The van der Waals surface area contributed by atoms with E-state index in [9.17, 15) is 18.4 Å². The van der Waals surface area contributed by atoms with Crippen molar-refractivity contribution in [1.29, 1.82) is 0 Å². The predicted molar refractivity (Wildman–Crippen MR) is 68.4 cm³/mol. The van der Waals surface area contributed by atoms with E-state index in [1.165, 1.54) is 7.11 Å². The van der Waals surface area contributed by atoms with Gasteiger partial charge in [0, 0.05) is 6.08 Å². The predicted octanol–water partition coefficient (Wildman–Crippen LogP) is 0.630. The van der Waals surface area contributed by atoms with Crippen LogP contribution in [0.2, 0.25) is 0 Å². The fourth-order valence-electron chi connectivity index (χ4n) is 1.85. The van der Waals surface area contributed by atoms with Crippen molar-refractivity contribution in [2.45, 2.75) is 0 Å². The Bertz CT molecular complexity index is 631. The summed E-state index contributed by atoms with van der Waals surface area (Å²) >= 11 is 0. The Morgan fingerprint density at radius 1 is 1.33 bits per heavy atom. The van der Waals surface area contributed by atoms with Crippen LogP contribution in [0.4, 0.5) is 14.5 Å². The number of methoxy groups -OCH3 is 1. The zero-order chi connectivity index (χ0) is 15.6. The maximum atomic E-state index is 14.0. The number of anilines is 1. The number of nitrogens with one attached hydrogen (secondary N) is 1. The van der Waals surface area contributed by atoms with Crippen LogP contribution >= 0.6 is 0 Å². The molecule has 6 nitrogen and oxygen atoms in total. The van der Waals surface area contributed by atoms with Crippen LogP contribution in [0, 0.1) is 11.6 Å². The number of ether oxygens (including phenoxy) is 1. The van der Waals surface area contributed by atoms with Crippen LogP contribution in [0.25, 0.3) is 0 Å². The number of hydrogen-bond acceptors (Lipinski definition) is 5. The van der Waals surface area contributed by atoms with Crippen molar-refractivity contribution in [1.82, 2.24) is 4.90 Å². The maximum Gasteiger partial charge on any atom is 0.277 e. The second kappa shape index (κ2) is 5.88. The molecule has 0 saturated carbocycles. The van der Waals surface area contributed by atoms with Crippen LogP contribution in [0.1, 0.15) is 0 Å². The fraction of sp³-hybridized carbons (Fsp3) is 0.231. The van der Waals surface area contributed by atoms with Crippen LogP contribution in [-0.4, -0.2) is 42.1 Å². The summed E-state index contributed by atoms with van der Waals surface area (Å²) in [5.74, 6) is -3.59. The quantitative estimate of drug-likeness (QED) is 0.780. The Morgan fingerprint density at radius 3 is 2.67 bits per heavy atom. The van der Waals surface area contributed by atoms with E-state index in [4.69, 9.17) is 9.84 Å². The maximum absolute atomic E-state index is 14.0. The van der Waals surface area contributed by atoms with E-state index in [-0.39, 0.29) is 18.0 Å². The number of imide groups is 1. The molecule has 0 unspecified atom stereocenters. The van der Waals surface area contributed by atoms with Gasteiger partial charge in [0.2, 0.25) is 0 Å². The highest BCUT2D eigenvalue weighted by Gasteiger charge is 2.31. The molecule has 0 radical (unpaired) electrons. The zero-order valence-electron chi connectivity index (χ0n) is 11.0. The average molecular weight is 298 g/mol. The molecule has 1 aromatic rings. The number of amides is 2. The number of rotatable bonds is 5. The first kappa shape index (κ1) is 14.9. The molecule has 0 saturated heterocycles. The molecule has 8 heteroatoms. The Labute approximate surface area is 118 Å². The molecular formula is C13H12F2N2O4. The molecule has 1 aliphatic heterocycles. The van der Waals surface area contributed by atoms with Gasteiger partial charge < -0.3 is 15.2 Å². The monoisotopic (exact) mass is 298 g/mol. The molecule has 2 rings (SSSR count). The van der Waals surface area contributed by atoms with Crippen molar-refractivity contribution >= 4 is 17.5 Å². The minimum atomic E-state index is -1.01. The van der Waals surface area contributed by atoms with Crippen LogP contribution in [0.3, 0.4) is 0 Å². The normalized spacial score (nSPS) is 14.5. The van der Waals surface area contributed by atoms with Gasteiger partial charge in [0.15, 0.2) is 11.6 Å². The molecule has 1 heterocycles. The summed E-state index contributed by atoms with van der Waals surface area (Å²) in [6.07, 6.45) is 0.913. The first-order valence-corrected chi connectivity index (χ1v) is 5.97. The minimum Gasteiger partial charge on any atom is -0.494 e. The van der Waals surface area contributed by atoms with Gasteiger partial charge in [-0.25, -0.2) is 8.78 Å². The topological polar surface area (TPSA) is 78.9 Å². The Hall–Kier alpha value is -2.48. The highest BCUT2D eigenvalue weighted by Crippen LogP contribution is 2.29. The number of carbonyl (C=O) groups is 2. The van der Waals surface area contributed by atoms with E-state index < -0.39 is 35.7 Å². The summed E-state index contributed by atoms with van der Waals surface area (Å²) in [6, 6.07) is 2.07. The standard InChI is InChI=1S/C13H12F2N2O4/c1-21-9-3-2-7(14)12(11(9)15)16-8-6-10(19)17(4-5-18)13(8)20/h2-3,6,16,18H,4-5H2,1H3. The van der Waals surface area contributed by atoms with Crippen LogP contribution < -0.4 is 10.1 Å². The smallest absolute Gasteiger partial charge is 0.277 e. The largest absolute Gasteiger partial charge is 0.494 e. The first-order valence-electron chi connectivity index (χ1n) is 5.97. The number of carbonyl (C=O) groups excluding carboxylic acids is 2. The molecule has 0 aromatic heterocycles. The molecule has 2 N–H and O–H groups in total. The van der Waals surface area contributed by atoms with Crippen LogP contribution in [0.5, 0.6) is 5.75 Å². The van der Waals surface area contributed by atoms with Crippen molar-refractivity contribution < 1.29 is 28.2 Å². The summed E-state index contributed by atoms with van der Waals surface area (Å²) in [5.41, 5.74) is -0.868. The molecule has 112 valence electrons. The second-order valence-electron chi connectivity index (χ2n) is 4.14. The highest BCUT2D eigenvalue weighted by atomic mass is 19.1. The summed E-state index contributed by atoms with van der Waals surface area (Å²) < 4.78 is 32.3. The SMILES string of the molecule is COc1ccc(F)c(NC2=CC(=O)N(CCO)C2=O)c1F. The number of β-amino-alcohol motifs (C(OH)–C–C–N with tert-alkyl or cyclic N) is 1. The van der Waals surface area contributed by atoms with Gasteiger partial charge in [-0.2, -0.15) is 0 Å². The summed E-state index contributed by atoms with van der Waals surface area (Å²) in [7, 11) is 1.21. The third-order valence-corrected chi connectivity index (χ3v) is 2.87. The fourth-order valence-corrected chi connectivity index (χ4v) is 1.85. The lowest BCUT2D eigenvalue weighted by atomic mass is 10.2. The lowest BCUT2D eigenvalue weighted by molar-refractivity contribution is -0.137. The van der Waals surface area contributed by atoms with E-state index in [0.717, 1.165) is 23.1 Å².